The largest absolute Gasteiger partial charge is 0.394 e. The smallest absolute Gasteiger partial charge is 0.287 e. The molecule has 0 aromatic carbocycles. The van der Waals surface area contributed by atoms with Crippen molar-refractivity contribution in [2.45, 2.75) is 0 Å². The highest BCUT2D eigenvalue weighted by Gasteiger charge is 1.85. The molecule has 0 amide bonds. The van der Waals surface area contributed by atoms with Crippen LogP contribution in [-0.4, -0.2) is 10.2 Å². The van der Waals surface area contributed by atoms with E-state index in [1.165, 1.54) is 12.3 Å². The molecule has 0 aliphatic heterocycles. The summed E-state index contributed by atoms with van der Waals surface area (Å²) in [7, 11) is 0. The van der Waals surface area contributed by atoms with Crippen LogP contribution in [0.3, 0.4) is 0 Å². The van der Waals surface area contributed by atoms with E-state index in [1.807, 2.05) is 0 Å². The molecule has 0 aliphatic carbocycles. The quantitative estimate of drug-likeness (QED) is 0.467. The van der Waals surface area contributed by atoms with E-state index >= 15 is 0 Å². The van der Waals surface area contributed by atoms with Crippen molar-refractivity contribution in [2.75, 3.05) is 5.73 Å². The molecule has 1 aromatic heterocycles. The zero-order valence-electron chi connectivity index (χ0n) is 4.09. The Labute approximate surface area is 45.3 Å². The van der Waals surface area contributed by atoms with Crippen molar-refractivity contribution in [1.82, 2.24) is 10.2 Å². The van der Waals surface area contributed by atoms with E-state index in [1.54, 1.807) is 0 Å². The van der Waals surface area contributed by atoms with Crippen molar-refractivity contribution in [3.63, 3.8) is 0 Å². The normalized spacial score (nSPS) is 9.00. The number of nitrogens with one attached hydrogen (secondary N) is 1. The molecule has 4 heteroatoms. The van der Waals surface area contributed by atoms with Gasteiger partial charge in [-0.25, -0.2) is 5.10 Å². The Hall–Kier alpha value is -1.32. The van der Waals surface area contributed by atoms with E-state index in [0.717, 1.165) is 0 Å². The standard InChI is InChI=1S/C4H5N3O/c5-3-1-2-6-7-4(3)8/h1-2H,(H2,5,6)(H,7,8). The van der Waals surface area contributed by atoms with Gasteiger partial charge in [0, 0.05) is 6.20 Å². The van der Waals surface area contributed by atoms with Crippen LogP contribution in [0.5, 0.6) is 0 Å². The topological polar surface area (TPSA) is 71.8 Å². The molecule has 0 fully saturated rings. The highest BCUT2D eigenvalue weighted by Crippen LogP contribution is 1.81. The van der Waals surface area contributed by atoms with Gasteiger partial charge in [-0.3, -0.25) is 4.79 Å². The van der Waals surface area contributed by atoms with Gasteiger partial charge < -0.3 is 5.73 Å². The first-order valence-corrected chi connectivity index (χ1v) is 2.10. The number of nitrogens with two attached hydrogens (primary N) is 1. The van der Waals surface area contributed by atoms with E-state index in [2.05, 4.69) is 10.2 Å². The molecule has 0 bridgehead atoms. The maximum atomic E-state index is 10.4. The number of nitrogen functional groups attached to an aromatic ring is 1. The van der Waals surface area contributed by atoms with Crippen molar-refractivity contribution < 1.29 is 0 Å². The van der Waals surface area contributed by atoms with Crippen LogP contribution in [0.2, 0.25) is 0 Å². The lowest BCUT2D eigenvalue weighted by Crippen LogP contribution is -2.11. The molecule has 1 rings (SSSR count). The predicted octanol–water partition coefficient (Wildman–Crippen LogP) is -0.648. The van der Waals surface area contributed by atoms with E-state index in [0.29, 0.717) is 0 Å². The number of aromatic nitrogens is 2. The molecule has 3 N–H and O–H groups in total. The maximum Gasteiger partial charge on any atom is 0.287 e. The Morgan fingerprint density at radius 3 is 2.88 bits per heavy atom. The van der Waals surface area contributed by atoms with Crippen molar-refractivity contribution >= 4 is 5.69 Å². The molecule has 0 radical (unpaired) electrons. The van der Waals surface area contributed by atoms with Gasteiger partial charge in [0.25, 0.3) is 5.56 Å². The highest BCUT2D eigenvalue weighted by atomic mass is 16.1. The Balaban J connectivity index is 3.35. The van der Waals surface area contributed by atoms with Crippen molar-refractivity contribution in [3.05, 3.63) is 22.6 Å². The molecule has 0 atom stereocenters. The van der Waals surface area contributed by atoms with E-state index in [4.69, 9.17) is 5.73 Å². The Bertz CT molecular complexity index is 229. The maximum absolute atomic E-state index is 10.4. The molecule has 0 aliphatic rings. The van der Waals surface area contributed by atoms with Gasteiger partial charge in [0.1, 0.15) is 5.69 Å². The summed E-state index contributed by atoms with van der Waals surface area (Å²) in [5.41, 5.74) is 4.99. The molecular weight excluding hydrogens is 106 g/mol. The first kappa shape index (κ1) is 4.83. The second-order valence-corrected chi connectivity index (χ2v) is 1.34. The van der Waals surface area contributed by atoms with E-state index in [9.17, 15) is 4.79 Å². The molecule has 42 valence electrons. The third-order valence-electron chi connectivity index (χ3n) is 0.757. The molecule has 1 heterocycles. The number of nitrogens with zero attached hydrogens (tertiary/aromatic N) is 1. The van der Waals surface area contributed by atoms with Crippen molar-refractivity contribution in [2.24, 2.45) is 0 Å². The van der Waals surface area contributed by atoms with Gasteiger partial charge in [0.05, 0.1) is 0 Å². The third kappa shape index (κ3) is 0.676. The minimum atomic E-state index is -0.340. The van der Waals surface area contributed by atoms with Crippen LogP contribution in [0, 0.1) is 0 Å². The summed E-state index contributed by atoms with van der Waals surface area (Å²) < 4.78 is 0. The predicted molar refractivity (Wildman–Crippen MR) is 29.3 cm³/mol. The number of rotatable bonds is 0. The third-order valence-corrected chi connectivity index (χ3v) is 0.757. The van der Waals surface area contributed by atoms with E-state index < -0.39 is 0 Å². The van der Waals surface area contributed by atoms with Gasteiger partial charge in [0.2, 0.25) is 0 Å². The fourth-order valence-electron chi connectivity index (χ4n) is 0.354. The fraction of sp³-hybridized carbons (Fsp3) is 0. The number of hydrogen-bond donors (Lipinski definition) is 2. The van der Waals surface area contributed by atoms with Crippen LogP contribution < -0.4 is 11.3 Å². The van der Waals surface area contributed by atoms with Crippen molar-refractivity contribution in [3.8, 4) is 0 Å². The molecular formula is C4H5N3O. The Kier molecular flexibility index (Phi) is 0.997. The summed E-state index contributed by atoms with van der Waals surface area (Å²) in [4.78, 5) is 10.4. The van der Waals surface area contributed by atoms with Crippen LogP contribution in [0.1, 0.15) is 0 Å². The molecule has 0 saturated carbocycles. The Morgan fingerprint density at radius 1 is 1.75 bits per heavy atom. The SMILES string of the molecule is Nc1ccn[nH]c1=O. The molecule has 8 heavy (non-hydrogen) atoms. The van der Waals surface area contributed by atoms with Gasteiger partial charge >= 0.3 is 0 Å². The monoisotopic (exact) mass is 111 g/mol. The van der Waals surface area contributed by atoms with Gasteiger partial charge in [-0.2, -0.15) is 5.10 Å². The molecule has 0 spiro atoms. The van der Waals surface area contributed by atoms with Gasteiger partial charge in [0.15, 0.2) is 0 Å². The Morgan fingerprint density at radius 2 is 2.50 bits per heavy atom. The average Bonchev–Trinajstić information content (AvgIpc) is 1.77. The molecule has 0 saturated heterocycles. The second kappa shape index (κ2) is 1.65. The van der Waals surface area contributed by atoms with Crippen LogP contribution >= 0.6 is 0 Å². The van der Waals surface area contributed by atoms with Gasteiger partial charge in [-0.15, -0.1) is 0 Å². The van der Waals surface area contributed by atoms with Gasteiger partial charge in [-0.05, 0) is 6.07 Å². The number of aromatic amines is 1. The van der Waals surface area contributed by atoms with Crippen LogP contribution in [0.15, 0.2) is 17.1 Å². The van der Waals surface area contributed by atoms with Crippen LogP contribution in [-0.2, 0) is 0 Å². The highest BCUT2D eigenvalue weighted by molar-refractivity contribution is 5.31. The lowest BCUT2D eigenvalue weighted by atomic mass is 10.5. The zero-order valence-corrected chi connectivity index (χ0v) is 4.09. The molecule has 0 unspecified atom stereocenters. The average molecular weight is 111 g/mol. The first-order chi connectivity index (χ1) is 3.80. The minimum absolute atomic E-state index is 0.194. The second-order valence-electron chi connectivity index (χ2n) is 1.34. The van der Waals surface area contributed by atoms with E-state index in [-0.39, 0.29) is 11.2 Å². The number of hydrogen-bond acceptors (Lipinski definition) is 3. The zero-order chi connectivity index (χ0) is 5.98. The first-order valence-electron chi connectivity index (χ1n) is 2.10. The number of H-pyrrole nitrogens is 1. The fourth-order valence-corrected chi connectivity index (χ4v) is 0.354. The van der Waals surface area contributed by atoms with Crippen LogP contribution in [0.25, 0.3) is 0 Å². The summed E-state index contributed by atoms with van der Waals surface area (Å²) in [6, 6.07) is 1.44. The number of anilines is 1. The summed E-state index contributed by atoms with van der Waals surface area (Å²) in [6.07, 6.45) is 1.43. The summed E-state index contributed by atoms with van der Waals surface area (Å²) in [5.74, 6) is 0. The summed E-state index contributed by atoms with van der Waals surface area (Å²) >= 11 is 0. The van der Waals surface area contributed by atoms with Crippen molar-refractivity contribution in [1.29, 1.82) is 0 Å². The lowest BCUT2D eigenvalue weighted by Gasteiger charge is -1.83. The summed E-state index contributed by atoms with van der Waals surface area (Å²) in [6.45, 7) is 0. The van der Waals surface area contributed by atoms with Gasteiger partial charge in [-0.1, -0.05) is 0 Å². The van der Waals surface area contributed by atoms with Crippen LogP contribution in [0.4, 0.5) is 5.69 Å². The molecule has 4 nitrogen and oxygen atoms in total. The minimum Gasteiger partial charge on any atom is -0.394 e. The summed E-state index contributed by atoms with van der Waals surface area (Å²) in [5, 5.41) is 5.60. The molecule has 1 aromatic rings. The lowest BCUT2D eigenvalue weighted by molar-refractivity contribution is 0.993.